The minimum atomic E-state index is -2.96. The van der Waals surface area contributed by atoms with E-state index in [1.54, 1.807) is 30.3 Å². The van der Waals surface area contributed by atoms with Crippen LogP contribution in [-0.4, -0.2) is 35.7 Å². The third-order valence-electron chi connectivity index (χ3n) is 10.2. The number of hydrogen-bond donors (Lipinski definition) is 1. The fraction of sp³-hybridized carbons (Fsp3) is 0.762. The second kappa shape index (κ2) is 27.0. The number of carbonyl (C=O) groups excluding carboxylic acids is 1. The molecule has 0 aliphatic rings. The van der Waals surface area contributed by atoms with Gasteiger partial charge in [-0.2, -0.15) is 0 Å². The summed E-state index contributed by atoms with van der Waals surface area (Å²) in [6.07, 6.45) is 35.7. The van der Waals surface area contributed by atoms with Gasteiger partial charge in [-0.15, -0.1) is 0 Å². The molecule has 0 fully saturated rings. The van der Waals surface area contributed by atoms with Crippen molar-refractivity contribution in [2.75, 3.05) is 24.6 Å². The molecule has 0 atom stereocenters. The molecule has 0 aliphatic carbocycles. The summed E-state index contributed by atoms with van der Waals surface area (Å²) in [5, 5.41) is 19.9. The molecule has 1 N–H and O–H groups in total. The van der Waals surface area contributed by atoms with Gasteiger partial charge in [0, 0.05) is 0 Å². The van der Waals surface area contributed by atoms with Gasteiger partial charge in [-0.05, 0) is 0 Å². The summed E-state index contributed by atoms with van der Waals surface area (Å²) in [6.45, 7) is 6.10. The number of hydrogen-bond acceptors (Lipinski definition) is 4. The molecule has 47 heavy (non-hydrogen) atoms. The van der Waals surface area contributed by atoms with Crippen molar-refractivity contribution in [1.29, 1.82) is 5.26 Å². The van der Waals surface area contributed by atoms with Crippen LogP contribution in [0.5, 0.6) is 5.75 Å². The SMILES string of the molecule is CCCCCCCCCCCCCCP(CCCCCC)(CCCCCC)(CCCCCC)OC(=O)C(C#N)=Cc1ccc(O)cc1. The topological polar surface area (TPSA) is 70.3 Å². The fourth-order valence-corrected chi connectivity index (χ4v) is 13.5. The average molecular weight is 672 g/mol. The molecule has 0 aliphatic heterocycles. The first-order valence-corrected chi connectivity index (χ1v) is 22.9. The van der Waals surface area contributed by atoms with Gasteiger partial charge in [0.05, 0.1) is 0 Å². The standard InChI is InChI=1S/C42H74NO3P/c1-5-9-13-17-18-19-20-21-22-23-24-28-36-47(33-25-14-10-6-2,34-26-15-11-7-3,35-27-16-12-8-4)46-42(45)40(38-43)37-39-29-31-41(44)32-30-39/h29-32,37,44H,5-28,33-36H2,1-4H3. The van der Waals surface area contributed by atoms with Crippen LogP contribution in [0.25, 0.3) is 6.08 Å². The Labute approximate surface area is 291 Å². The number of rotatable bonds is 31. The molecular weight excluding hydrogens is 597 g/mol. The van der Waals surface area contributed by atoms with Crippen LogP contribution in [0.3, 0.4) is 0 Å². The van der Waals surface area contributed by atoms with E-state index >= 15 is 0 Å². The van der Waals surface area contributed by atoms with E-state index in [1.807, 2.05) is 0 Å². The first kappa shape index (κ1) is 43.2. The number of nitrogens with zero attached hydrogens (tertiary/aromatic N) is 1. The van der Waals surface area contributed by atoms with Crippen molar-refractivity contribution in [3.05, 3.63) is 35.4 Å². The summed E-state index contributed by atoms with van der Waals surface area (Å²) >= 11 is 0. The van der Waals surface area contributed by atoms with E-state index in [0.29, 0.717) is 0 Å². The molecule has 0 spiro atoms. The first-order chi connectivity index (χ1) is 22.9. The molecule has 0 amide bonds. The Bertz CT molecular complexity index is 962. The third kappa shape index (κ3) is 19.1. The molecule has 1 aromatic carbocycles. The second-order valence-electron chi connectivity index (χ2n) is 14.5. The zero-order chi connectivity index (χ0) is 34.5. The second-order valence-corrected chi connectivity index (χ2v) is 20.2. The van der Waals surface area contributed by atoms with Crippen molar-refractivity contribution in [2.45, 2.75) is 182 Å². The van der Waals surface area contributed by atoms with Crippen LogP contribution in [0.2, 0.25) is 0 Å². The quantitative estimate of drug-likeness (QED) is 0.0369. The number of nitriles is 1. The van der Waals surface area contributed by atoms with Gasteiger partial charge in [0.15, 0.2) is 0 Å². The normalized spacial score (nSPS) is 12.8. The Balaban J connectivity index is 3.23. The molecule has 0 radical (unpaired) electrons. The first-order valence-electron chi connectivity index (χ1n) is 20.0. The Hall–Kier alpha value is -1.85. The molecule has 4 nitrogen and oxygen atoms in total. The molecule has 0 saturated carbocycles. The molecule has 0 heterocycles. The van der Waals surface area contributed by atoms with E-state index in [-0.39, 0.29) is 11.3 Å². The van der Waals surface area contributed by atoms with E-state index in [4.69, 9.17) is 4.52 Å². The van der Waals surface area contributed by atoms with E-state index < -0.39 is 12.8 Å². The van der Waals surface area contributed by atoms with Crippen LogP contribution in [0, 0.1) is 11.3 Å². The predicted molar refractivity (Wildman–Crippen MR) is 208 cm³/mol. The Morgan fingerprint density at radius 1 is 0.596 bits per heavy atom. The Morgan fingerprint density at radius 2 is 0.915 bits per heavy atom. The zero-order valence-electron chi connectivity index (χ0n) is 31.3. The molecule has 5 heteroatoms. The molecular formula is C42H74NO3P. The molecule has 1 rings (SSSR count). The van der Waals surface area contributed by atoms with Gasteiger partial charge in [0.1, 0.15) is 0 Å². The third-order valence-corrected chi connectivity index (χ3v) is 16.7. The summed E-state index contributed by atoms with van der Waals surface area (Å²) in [4.78, 5) is 14.1. The Kier molecular flexibility index (Phi) is 24.8. The van der Waals surface area contributed by atoms with Crippen LogP contribution in [-0.2, 0) is 9.32 Å². The number of phenolic OH excluding ortho intramolecular Hbond substituents is 1. The number of benzene rings is 1. The van der Waals surface area contributed by atoms with Crippen LogP contribution >= 0.6 is 6.83 Å². The van der Waals surface area contributed by atoms with Crippen LogP contribution in [0.1, 0.15) is 187 Å². The molecule has 270 valence electrons. The van der Waals surface area contributed by atoms with Crippen molar-refractivity contribution in [3.63, 3.8) is 0 Å². The van der Waals surface area contributed by atoms with Gasteiger partial charge >= 0.3 is 279 Å². The van der Waals surface area contributed by atoms with Gasteiger partial charge in [0.25, 0.3) is 0 Å². The summed E-state index contributed by atoms with van der Waals surface area (Å²) in [5.41, 5.74) is 0.807. The van der Waals surface area contributed by atoms with E-state index in [2.05, 4.69) is 33.8 Å². The van der Waals surface area contributed by atoms with Crippen molar-refractivity contribution in [3.8, 4) is 11.8 Å². The van der Waals surface area contributed by atoms with E-state index in [1.165, 1.54) is 128 Å². The monoisotopic (exact) mass is 672 g/mol. The van der Waals surface area contributed by atoms with Crippen molar-refractivity contribution >= 4 is 18.9 Å². The van der Waals surface area contributed by atoms with E-state index in [0.717, 1.165) is 55.9 Å². The number of unbranched alkanes of at least 4 members (excludes halogenated alkanes) is 20. The van der Waals surface area contributed by atoms with Crippen molar-refractivity contribution in [1.82, 2.24) is 0 Å². The maximum atomic E-state index is 14.1. The molecule has 1 aromatic rings. The van der Waals surface area contributed by atoms with Gasteiger partial charge < -0.3 is 0 Å². The van der Waals surface area contributed by atoms with Gasteiger partial charge in [-0.3, -0.25) is 0 Å². The molecule has 0 unspecified atom stereocenters. The van der Waals surface area contributed by atoms with Crippen molar-refractivity contribution in [2.24, 2.45) is 0 Å². The van der Waals surface area contributed by atoms with Crippen LogP contribution in [0.4, 0.5) is 0 Å². The van der Waals surface area contributed by atoms with Crippen LogP contribution in [0.15, 0.2) is 29.8 Å². The number of aromatic hydroxyl groups is 1. The fourth-order valence-electron chi connectivity index (χ4n) is 7.18. The van der Waals surface area contributed by atoms with Gasteiger partial charge in [-0.25, -0.2) is 0 Å². The Morgan fingerprint density at radius 3 is 1.26 bits per heavy atom. The van der Waals surface area contributed by atoms with Crippen molar-refractivity contribution < 1.29 is 14.4 Å². The summed E-state index contributed by atoms with van der Waals surface area (Å²) in [6, 6.07) is 8.86. The van der Waals surface area contributed by atoms with Crippen LogP contribution < -0.4 is 0 Å². The summed E-state index contributed by atoms with van der Waals surface area (Å²) < 4.78 is 7.07. The van der Waals surface area contributed by atoms with Gasteiger partial charge in [-0.1, -0.05) is 13.3 Å². The maximum absolute atomic E-state index is 14.1. The molecule has 0 aromatic heterocycles. The summed E-state index contributed by atoms with van der Waals surface area (Å²) in [7, 11) is 0. The van der Waals surface area contributed by atoms with Gasteiger partial charge in [0.2, 0.25) is 0 Å². The molecule has 0 saturated heterocycles. The number of carbonyl (C=O) groups is 1. The minimum absolute atomic E-state index is 0.0788. The molecule has 0 bridgehead atoms. The number of phenols is 1. The predicted octanol–water partition coefficient (Wildman–Crippen LogP) is 13.8. The van der Waals surface area contributed by atoms with E-state index in [9.17, 15) is 15.2 Å². The average Bonchev–Trinajstić information content (AvgIpc) is 3.07. The summed E-state index contributed by atoms with van der Waals surface area (Å²) in [5.74, 6) is -0.250. The zero-order valence-corrected chi connectivity index (χ0v) is 32.2.